The summed E-state index contributed by atoms with van der Waals surface area (Å²) in [5.41, 5.74) is 0.629. The predicted octanol–water partition coefficient (Wildman–Crippen LogP) is 4.11. The van der Waals surface area contributed by atoms with Crippen LogP contribution in [0, 0.1) is 0 Å². The Kier molecular flexibility index (Phi) is 7.50. The molecule has 5 heteroatoms. The fourth-order valence-electron chi connectivity index (χ4n) is 2.25. The third kappa shape index (κ3) is 7.08. The van der Waals surface area contributed by atoms with Crippen LogP contribution in [0.15, 0.2) is 54.6 Å². The molecule has 2 aromatic carbocycles. The van der Waals surface area contributed by atoms with Gasteiger partial charge in [0, 0.05) is 12.2 Å². The molecule has 25 heavy (non-hydrogen) atoms. The molecule has 132 valence electrons. The van der Waals surface area contributed by atoms with Gasteiger partial charge in [0.05, 0.1) is 0 Å². The molecule has 0 unspecified atom stereocenters. The maximum atomic E-state index is 11.9. The van der Waals surface area contributed by atoms with Gasteiger partial charge < -0.3 is 15.4 Å². The van der Waals surface area contributed by atoms with E-state index in [-0.39, 0.29) is 18.2 Å². The highest BCUT2D eigenvalue weighted by atomic mass is 16.5. The van der Waals surface area contributed by atoms with Crippen LogP contribution in [0.4, 0.5) is 5.69 Å². The number of hydrogen-bond acceptors (Lipinski definition) is 3. The number of unbranched alkanes of at least 4 members (excludes halogenated alkanes) is 2. The second-order valence-corrected chi connectivity index (χ2v) is 5.72. The predicted molar refractivity (Wildman–Crippen MR) is 98.7 cm³/mol. The van der Waals surface area contributed by atoms with Crippen molar-refractivity contribution in [2.75, 3.05) is 11.9 Å². The molecule has 0 saturated carbocycles. The van der Waals surface area contributed by atoms with Gasteiger partial charge in [0.25, 0.3) is 0 Å². The smallest absolute Gasteiger partial charge is 0.233 e. The van der Waals surface area contributed by atoms with Crippen LogP contribution < -0.4 is 15.4 Å². The average Bonchev–Trinajstić information content (AvgIpc) is 2.61. The summed E-state index contributed by atoms with van der Waals surface area (Å²) in [6.45, 7) is 2.72. The van der Waals surface area contributed by atoms with E-state index in [0.29, 0.717) is 18.0 Å². The van der Waals surface area contributed by atoms with Gasteiger partial charge in [-0.25, -0.2) is 0 Å². The van der Waals surface area contributed by atoms with E-state index in [4.69, 9.17) is 4.74 Å². The fraction of sp³-hybridized carbons (Fsp3) is 0.300. The van der Waals surface area contributed by atoms with Crippen molar-refractivity contribution in [3.05, 3.63) is 54.6 Å². The molecular weight excluding hydrogens is 316 g/mol. The molecular formula is C20H24N2O3. The van der Waals surface area contributed by atoms with Crippen molar-refractivity contribution < 1.29 is 14.3 Å². The number of para-hydroxylation sites is 1. The van der Waals surface area contributed by atoms with Crippen LogP contribution in [0.1, 0.15) is 32.6 Å². The molecule has 0 radical (unpaired) electrons. The summed E-state index contributed by atoms with van der Waals surface area (Å²) >= 11 is 0. The third-order valence-corrected chi connectivity index (χ3v) is 3.54. The first kappa shape index (κ1) is 18.5. The van der Waals surface area contributed by atoms with Gasteiger partial charge in [0.1, 0.15) is 17.9 Å². The normalized spacial score (nSPS) is 10.1. The van der Waals surface area contributed by atoms with Gasteiger partial charge in [-0.15, -0.1) is 0 Å². The van der Waals surface area contributed by atoms with Crippen LogP contribution in [0.2, 0.25) is 0 Å². The van der Waals surface area contributed by atoms with E-state index in [1.807, 2.05) is 30.3 Å². The molecule has 0 saturated heterocycles. The zero-order valence-electron chi connectivity index (χ0n) is 14.5. The Labute approximate surface area is 148 Å². The quantitative estimate of drug-likeness (QED) is 0.533. The van der Waals surface area contributed by atoms with Crippen LogP contribution in [0.3, 0.4) is 0 Å². The Hall–Kier alpha value is -2.82. The molecule has 0 aliphatic heterocycles. The second kappa shape index (κ2) is 10.1. The van der Waals surface area contributed by atoms with E-state index >= 15 is 0 Å². The van der Waals surface area contributed by atoms with Crippen LogP contribution in [-0.4, -0.2) is 18.4 Å². The van der Waals surface area contributed by atoms with Crippen molar-refractivity contribution in [3.8, 4) is 11.5 Å². The van der Waals surface area contributed by atoms with Crippen molar-refractivity contribution in [2.45, 2.75) is 32.6 Å². The van der Waals surface area contributed by atoms with Gasteiger partial charge >= 0.3 is 0 Å². The average molecular weight is 340 g/mol. The van der Waals surface area contributed by atoms with Gasteiger partial charge in [-0.2, -0.15) is 0 Å². The maximum absolute atomic E-state index is 11.9. The monoisotopic (exact) mass is 340 g/mol. The number of carbonyl (C=O) groups excluding carboxylic acids is 2. The standard InChI is InChI=1S/C20H24N2O3/c1-2-3-7-14-21-19(23)15-20(24)22-16-10-12-18(13-11-16)25-17-8-5-4-6-9-17/h4-6,8-13H,2-3,7,14-15H2,1H3,(H,21,23)(H,22,24). The van der Waals surface area contributed by atoms with Crippen LogP contribution in [-0.2, 0) is 9.59 Å². The number of carbonyl (C=O) groups is 2. The maximum Gasteiger partial charge on any atom is 0.233 e. The number of nitrogens with one attached hydrogen (secondary N) is 2. The Morgan fingerprint density at radius 3 is 2.24 bits per heavy atom. The minimum Gasteiger partial charge on any atom is -0.457 e. The highest BCUT2D eigenvalue weighted by Crippen LogP contribution is 2.22. The number of amides is 2. The first-order valence-corrected chi connectivity index (χ1v) is 8.57. The molecule has 0 fully saturated rings. The summed E-state index contributed by atoms with van der Waals surface area (Å²) in [5, 5.41) is 5.46. The van der Waals surface area contributed by atoms with E-state index in [1.54, 1.807) is 24.3 Å². The largest absolute Gasteiger partial charge is 0.457 e. The zero-order valence-corrected chi connectivity index (χ0v) is 14.5. The molecule has 0 aliphatic carbocycles. The van der Waals surface area contributed by atoms with Gasteiger partial charge in [-0.05, 0) is 42.8 Å². The summed E-state index contributed by atoms with van der Waals surface area (Å²) in [6, 6.07) is 16.5. The topological polar surface area (TPSA) is 67.4 Å². The molecule has 0 spiro atoms. The van der Waals surface area contributed by atoms with Gasteiger partial charge in [0.2, 0.25) is 11.8 Å². The molecule has 0 heterocycles. The number of rotatable bonds is 9. The van der Waals surface area contributed by atoms with E-state index < -0.39 is 0 Å². The van der Waals surface area contributed by atoms with Crippen LogP contribution in [0.5, 0.6) is 11.5 Å². The molecule has 2 N–H and O–H groups in total. The number of anilines is 1. The highest BCUT2D eigenvalue weighted by molar-refractivity contribution is 6.03. The van der Waals surface area contributed by atoms with Crippen molar-refractivity contribution in [1.82, 2.24) is 5.32 Å². The summed E-state index contributed by atoms with van der Waals surface area (Å²) in [7, 11) is 0. The Bertz CT molecular complexity index is 669. The fourth-order valence-corrected chi connectivity index (χ4v) is 2.25. The lowest BCUT2D eigenvalue weighted by Crippen LogP contribution is -2.28. The van der Waals surface area contributed by atoms with Gasteiger partial charge in [-0.1, -0.05) is 38.0 Å². The molecule has 0 bridgehead atoms. The third-order valence-electron chi connectivity index (χ3n) is 3.54. The number of ether oxygens (including phenoxy) is 1. The first-order valence-electron chi connectivity index (χ1n) is 8.57. The van der Waals surface area contributed by atoms with Crippen molar-refractivity contribution >= 4 is 17.5 Å². The van der Waals surface area contributed by atoms with E-state index in [1.165, 1.54) is 0 Å². The Balaban J connectivity index is 1.76. The van der Waals surface area contributed by atoms with Gasteiger partial charge in [0.15, 0.2) is 0 Å². The Morgan fingerprint density at radius 2 is 1.56 bits per heavy atom. The summed E-state index contributed by atoms with van der Waals surface area (Å²) in [5.74, 6) is 0.847. The zero-order chi connectivity index (χ0) is 17.9. The molecule has 2 aromatic rings. The van der Waals surface area contributed by atoms with Gasteiger partial charge in [-0.3, -0.25) is 9.59 Å². The molecule has 5 nitrogen and oxygen atoms in total. The second-order valence-electron chi connectivity index (χ2n) is 5.72. The van der Waals surface area contributed by atoms with Crippen molar-refractivity contribution in [1.29, 1.82) is 0 Å². The highest BCUT2D eigenvalue weighted by Gasteiger charge is 2.09. The minimum absolute atomic E-state index is 0.172. The van der Waals surface area contributed by atoms with Crippen molar-refractivity contribution in [3.63, 3.8) is 0 Å². The summed E-state index contributed by atoms with van der Waals surface area (Å²) in [6.07, 6.45) is 2.94. The molecule has 0 aliphatic rings. The summed E-state index contributed by atoms with van der Waals surface area (Å²) < 4.78 is 5.69. The van der Waals surface area contributed by atoms with Crippen molar-refractivity contribution in [2.24, 2.45) is 0 Å². The lowest BCUT2D eigenvalue weighted by molar-refractivity contribution is -0.126. The number of hydrogen-bond donors (Lipinski definition) is 2. The summed E-state index contributed by atoms with van der Waals surface area (Å²) in [4.78, 5) is 23.6. The molecule has 0 atom stereocenters. The lowest BCUT2D eigenvalue weighted by atomic mass is 10.2. The van der Waals surface area contributed by atoms with E-state index in [9.17, 15) is 9.59 Å². The van der Waals surface area contributed by atoms with Crippen LogP contribution >= 0.6 is 0 Å². The SMILES string of the molecule is CCCCCNC(=O)CC(=O)Nc1ccc(Oc2ccccc2)cc1. The first-order chi connectivity index (χ1) is 12.2. The molecule has 2 amide bonds. The lowest BCUT2D eigenvalue weighted by Gasteiger charge is -2.08. The number of benzene rings is 2. The van der Waals surface area contributed by atoms with Crippen LogP contribution in [0.25, 0.3) is 0 Å². The van der Waals surface area contributed by atoms with E-state index in [2.05, 4.69) is 17.6 Å². The molecule has 2 rings (SSSR count). The molecule has 0 aromatic heterocycles. The minimum atomic E-state index is -0.329. The Morgan fingerprint density at radius 1 is 0.880 bits per heavy atom. The van der Waals surface area contributed by atoms with E-state index in [0.717, 1.165) is 25.0 Å².